The van der Waals surface area contributed by atoms with Gasteiger partial charge in [0.1, 0.15) is 5.41 Å². The first-order valence-corrected chi connectivity index (χ1v) is 5.99. The summed E-state index contributed by atoms with van der Waals surface area (Å²) in [5.41, 5.74) is 4.51. The van der Waals surface area contributed by atoms with Gasteiger partial charge in [-0.2, -0.15) is 0 Å². The van der Waals surface area contributed by atoms with Crippen molar-refractivity contribution < 1.29 is 14.8 Å². The van der Waals surface area contributed by atoms with E-state index in [0.29, 0.717) is 25.8 Å². The largest absolute Gasteiger partial charge is 0.409 e. The van der Waals surface area contributed by atoms with Crippen molar-refractivity contribution in [3.8, 4) is 0 Å². The fourth-order valence-corrected chi connectivity index (χ4v) is 1.81. The summed E-state index contributed by atoms with van der Waals surface area (Å²) in [7, 11) is 0. The van der Waals surface area contributed by atoms with Crippen LogP contribution in [0.3, 0.4) is 0 Å². The molecule has 0 aromatic carbocycles. The third kappa shape index (κ3) is 2.91. The molecule has 2 amide bonds. The van der Waals surface area contributed by atoms with Crippen molar-refractivity contribution in [2.45, 2.75) is 39.2 Å². The van der Waals surface area contributed by atoms with Crippen molar-refractivity contribution in [3.63, 3.8) is 0 Å². The van der Waals surface area contributed by atoms with Crippen LogP contribution in [-0.2, 0) is 9.59 Å². The van der Waals surface area contributed by atoms with E-state index in [1.807, 2.05) is 0 Å². The molecule has 0 aromatic heterocycles. The van der Waals surface area contributed by atoms with Crippen LogP contribution in [0.2, 0.25) is 0 Å². The maximum Gasteiger partial charge on any atom is 0.233 e. The monoisotopic (exact) mass is 256 g/mol. The van der Waals surface area contributed by atoms with Crippen LogP contribution < -0.4 is 16.4 Å². The van der Waals surface area contributed by atoms with Gasteiger partial charge in [-0.1, -0.05) is 12.1 Å². The van der Waals surface area contributed by atoms with Crippen LogP contribution in [-0.4, -0.2) is 35.4 Å². The van der Waals surface area contributed by atoms with Gasteiger partial charge in [0, 0.05) is 19.0 Å². The fraction of sp³-hybridized carbons (Fsp3) is 0.727. The number of carbonyl (C=O) groups is 2. The molecule has 0 aromatic rings. The average Bonchev–Trinajstić information content (AvgIpc) is 2.79. The Morgan fingerprint density at radius 2 is 2.39 bits per heavy atom. The van der Waals surface area contributed by atoms with Gasteiger partial charge in [-0.25, -0.2) is 0 Å². The predicted octanol–water partition coefficient (Wildman–Crippen LogP) is -0.456. The molecule has 1 rings (SSSR count). The molecule has 1 aliphatic heterocycles. The smallest absolute Gasteiger partial charge is 0.233 e. The van der Waals surface area contributed by atoms with E-state index in [-0.39, 0.29) is 23.7 Å². The number of nitrogens with zero attached hydrogens (tertiary/aromatic N) is 1. The summed E-state index contributed by atoms with van der Waals surface area (Å²) >= 11 is 0. The maximum atomic E-state index is 12.0. The molecule has 0 aliphatic carbocycles. The van der Waals surface area contributed by atoms with E-state index in [1.165, 1.54) is 0 Å². The summed E-state index contributed by atoms with van der Waals surface area (Å²) in [6.45, 7) is 3.76. The zero-order valence-electron chi connectivity index (χ0n) is 10.7. The summed E-state index contributed by atoms with van der Waals surface area (Å²) in [5.74, 6) is -0.414. The Labute approximate surface area is 106 Å². The molecule has 0 saturated carbocycles. The first-order valence-electron chi connectivity index (χ1n) is 5.99. The molecular weight excluding hydrogens is 236 g/mol. The van der Waals surface area contributed by atoms with Gasteiger partial charge in [-0.05, 0) is 19.8 Å². The van der Waals surface area contributed by atoms with E-state index < -0.39 is 5.41 Å². The minimum absolute atomic E-state index is 0.00365. The number of oxime groups is 1. The number of nitrogens with one attached hydrogen (secondary N) is 2. The molecule has 1 saturated heterocycles. The standard InChI is InChI=1S/C11H20N4O3/c1-3-11(2,9(12)15-18)10(17)13-6-7-4-5-8(16)14-7/h7,18H,3-6H2,1-2H3,(H2,12,15)(H,13,17)(H,14,16). The van der Waals surface area contributed by atoms with Gasteiger partial charge in [-0.15, -0.1) is 0 Å². The van der Waals surface area contributed by atoms with Crippen molar-refractivity contribution in [2.75, 3.05) is 6.54 Å². The van der Waals surface area contributed by atoms with E-state index in [4.69, 9.17) is 10.9 Å². The predicted molar refractivity (Wildman–Crippen MR) is 66.0 cm³/mol. The van der Waals surface area contributed by atoms with Crippen molar-refractivity contribution in [1.29, 1.82) is 0 Å². The molecule has 5 N–H and O–H groups in total. The number of rotatable bonds is 5. The fourth-order valence-electron chi connectivity index (χ4n) is 1.81. The van der Waals surface area contributed by atoms with Gasteiger partial charge in [0.15, 0.2) is 5.84 Å². The van der Waals surface area contributed by atoms with Crippen LogP contribution in [0.25, 0.3) is 0 Å². The van der Waals surface area contributed by atoms with Crippen molar-refractivity contribution in [2.24, 2.45) is 16.3 Å². The van der Waals surface area contributed by atoms with E-state index in [0.717, 1.165) is 0 Å². The summed E-state index contributed by atoms with van der Waals surface area (Å²) < 4.78 is 0. The Kier molecular flexibility index (Phi) is 4.52. The van der Waals surface area contributed by atoms with Crippen LogP contribution in [0.5, 0.6) is 0 Å². The molecule has 1 aliphatic rings. The Morgan fingerprint density at radius 1 is 1.72 bits per heavy atom. The van der Waals surface area contributed by atoms with Crippen LogP contribution >= 0.6 is 0 Å². The molecule has 18 heavy (non-hydrogen) atoms. The lowest BCUT2D eigenvalue weighted by Gasteiger charge is -2.26. The van der Waals surface area contributed by atoms with Gasteiger partial charge in [0.25, 0.3) is 0 Å². The molecule has 2 unspecified atom stereocenters. The van der Waals surface area contributed by atoms with Crippen molar-refractivity contribution in [1.82, 2.24) is 10.6 Å². The summed E-state index contributed by atoms with van der Waals surface area (Å²) in [4.78, 5) is 23.0. The zero-order chi connectivity index (χ0) is 13.8. The molecule has 102 valence electrons. The molecule has 1 fully saturated rings. The Hall–Kier alpha value is -1.79. The third-order valence-electron chi connectivity index (χ3n) is 3.48. The molecule has 7 heteroatoms. The lowest BCUT2D eigenvalue weighted by molar-refractivity contribution is -0.127. The summed E-state index contributed by atoms with van der Waals surface area (Å²) in [6, 6.07) is -0.0326. The highest BCUT2D eigenvalue weighted by Crippen LogP contribution is 2.21. The number of amidine groups is 1. The lowest BCUT2D eigenvalue weighted by Crippen LogP contribution is -2.50. The molecular formula is C11H20N4O3. The van der Waals surface area contributed by atoms with E-state index in [1.54, 1.807) is 13.8 Å². The number of nitrogens with two attached hydrogens (primary N) is 1. The molecule has 0 spiro atoms. The minimum atomic E-state index is -1.03. The Balaban J connectivity index is 2.55. The highest BCUT2D eigenvalue weighted by atomic mass is 16.4. The minimum Gasteiger partial charge on any atom is -0.409 e. The normalized spacial score (nSPS) is 23.3. The molecule has 0 bridgehead atoms. The number of carbonyl (C=O) groups excluding carboxylic acids is 2. The second-order valence-electron chi connectivity index (χ2n) is 4.68. The molecule has 7 nitrogen and oxygen atoms in total. The molecule has 0 radical (unpaired) electrons. The van der Waals surface area contributed by atoms with Gasteiger partial charge in [0.2, 0.25) is 11.8 Å². The SMILES string of the molecule is CCC(C)(C(=O)NCC1CCC(=O)N1)C(N)=NO. The zero-order valence-corrected chi connectivity index (χ0v) is 10.7. The van der Waals surface area contributed by atoms with E-state index in [9.17, 15) is 9.59 Å². The van der Waals surface area contributed by atoms with Crippen molar-refractivity contribution >= 4 is 17.6 Å². The Morgan fingerprint density at radius 3 is 2.83 bits per heavy atom. The van der Waals surface area contributed by atoms with Gasteiger partial charge < -0.3 is 21.6 Å². The molecule has 1 heterocycles. The second-order valence-corrected chi connectivity index (χ2v) is 4.68. The van der Waals surface area contributed by atoms with Crippen LogP contribution in [0.1, 0.15) is 33.1 Å². The number of hydrogen-bond donors (Lipinski definition) is 4. The van der Waals surface area contributed by atoms with Gasteiger partial charge in [-0.3, -0.25) is 9.59 Å². The van der Waals surface area contributed by atoms with Crippen LogP contribution in [0.15, 0.2) is 5.16 Å². The van der Waals surface area contributed by atoms with Crippen LogP contribution in [0, 0.1) is 5.41 Å². The van der Waals surface area contributed by atoms with Crippen LogP contribution in [0.4, 0.5) is 0 Å². The average molecular weight is 256 g/mol. The summed E-state index contributed by atoms with van der Waals surface area (Å²) in [5, 5.41) is 17.1. The first kappa shape index (κ1) is 14.3. The Bertz CT molecular complexity index is 369. The maximum absolute atomic E-state index is 12.0. The summed E-state index contributed by atoms with van der Waals surface area (Å²) in [6.07, 6.45) is 1.63. The van der Waals surface area contributed by atoms with E-state index >= 15 is 0 Å². The molecule has 2 atom stereocenters. The number of hydrogen-bond acceptors (Lipinski definition) is 4. The quantitative estimate of drug-likeness (QED) is 0.230. The number of amides is 2. The topological polar surface area (TPSA) is 117 Å². The van der Waals surface area contributed by atoms with Crippen molar-refractivity contribution in [3.05, 3.63) is 0 Å². The first-order chi connectivity index (χ1) is 8.43. The highest BCUT2D eigenvalue weighted by Gasteiger charge is 2.36. The second kappa shape index (κ2) is 5.70. The third-order valence-corrected chi connectivity index (χ3v) is 3.48. The van der Waals surface area contributed by atoms with Gasteiger partial charge in [0.05, 0.1) is 0 Å². The lowest BCUT2D eigenvalue weighted by atomic mass is 9.85. The van der Waals surface area contributed by atoms with Gasteiger partial charge >= 0.3 is 0 Å². The van der Waals surface area contributed by atoms with E-state index in [2.05, 4.69) is 15.8 Å². The highest BCUT2D eigenvalue weighted by molar-refractivity contribution is 6.06.